The van der Waals surface area contributed by atoms with Crippen LogP contribution in [0.1, 0.15) is 23.9 Å². The Balaban J connectivity index is 2.44. The van der Waals surface area contributed by atoms with E-state index in [0.29, 0.717) is 0 Å². The van der Waals surface area contributed by atoms with Crippen molar-refractivity contribution in [2.75, 3.05) is 0 Å². The van der Waals surface area contributed by atoms with E-state index >= 15 is 0 Å². The minimum atomic E-state index is -0.198. The molecule has 1 atom stereocenters. The molecule has 1 aromatic heterocycles. The van der Waals surface area contributed by atoms with E-state index in [2.05, 4.69) is 4.98 Å². The molecule has 11 heavy (non-hydrogen) atoms. The van der Waals surface area contributed by atoms with Gasteiger partial charge in [-0.05, 0) is 26.7 Å². The van der Waals surface area contributed by atoms with E-state index in [9.17, 15) is 0 Å². The molecule has 0 unspecified atom stereocenters. The van der Waals surface area contributed by atoms with E-state index in [1.807, 2.05) is 19.4 Å². The number of aliphatic hydroxyl groups excluding tert-OH is 1. The average Bonchev–Trinajstić information content (AvgIpc) is 2.31. The van der Waals surface area contributed by atoms with Gasteiger partial charge < -0.3 is 5.11 Å². The number of hydrogen-bond donors (Lipinski definition) is 1. The van der Waals surface area contributed by atoms with Gasteiger partial charge >= 0.3 is 0 Å². The van der Waals surface area contributed by atoms with Crippen molar-refractivity contribution in [3.63, 3.8) is 0 Å². The summed E-state index contributed by atoms with van der Waals surface area (Å²) in [5, 5.41) is 9.03. The summed E-state index contributed by atoms with van der Waals surface area (Å²) in [5.74, 6) is 0. The van der Waals surface area contributed by atoms with Crippen molar-refractivity contribution in [2.24, 2.45) is 0 Å². The zero-order chi connectivity index (χ0) is 8.27. The lowest BCUT2D eigenvalue weighted by molar-refractivity contribution is 0.185. The Morgan fingerprint density at radius 3 is 2.91 bits per heavy atom. The summed E-state index contributed by atoms with van der Waals surface area (Å²) in [7, 11) is 0. The van der Waals surface area contributed by atoms with Crippen molar-refractivity contribution in [1.82, 2.24) is 4.98 Å². The third kappa shape index (κ3) is 2.60. The van der Waals surface area contributed by atoms with Crippen LogP contribution in [0.2, 0.25) is 0 Å². The standard InChI is InChI=1S/C8H13NOS/c1-6(10)3-4-8-7(2)9-5-11-8/h5-6,10H,3-4H2,1-2H3/t6-/m0/s1. The first-order chi connectivity index (χ1) is 5.20. The highest BCUT2D eigenvalue weighted by molar-refractivity contribution is 7.09. The molecule has 0 aliphatic heterocycles. The van der Waals surface area contributed by atoms with Crippen LogP contribution < -0.4 is 0 Å². The maximum absolute atomic E-state index is 9.03. The van der Waals surface area contributed by atoms with E-state index in [1.165, 1.54) is 4.88 Å². The SMILES string of the molecule is Cc1ncsc1CC[C@H](C)O. The molecule has 1 rings (SSSR count). The lowest BCUT2D eigenvalue weighted by Gasteiger charge is -2.01. The Labute approximate surface area is 70.9 Å². The molecule has 0 amide bonds. The lowest BCUT2D eigenvalue weighted by atomic mass is 10.2. The van der Waals surface area contributed by atoms with Gasteiger partial charge in [-0.2, -0.15) is 0 Å². The van der Waals surface area contributed by atoms with Gasteiger partial charge in [-0.3, -0.25) is 0 Å². The molecular weight excluding hydrogens is 158 g/mol. The Bertz CT molecular complexity index is 220. The number of rotatable bonds is 3. The quantitative estimate of drug-likeness (QED) is 0.751. The molecule has 62 valence electrons. The van der Waals surface area contributed by atoms with E-state index in [0.717, 1.165) is 18.5 Å². The van der Waals surface area contributed by atoms with E-state index in [1.54, 1.807) is 11.3 Å². The average molecular weight is 171 g/mol. The fraction of sp³-hybridized carbons (Fsp3) is 0.625. The molecule has 0 fully saturated rings. The van der Waals surface area contributed by atoms with E-state index < -0.39 is 0 Å². The third-order valence-corrected chi connectivity index (χ3v) is 2.63. The number of thiazole rings is 1. The molecule has 1 aromatic rings. The van der Waals surface area contributed by atoms with Crippen molar-refractivity contribution in [1.29, 1.82) is 0 Å². The first-order valence-electron chi connectivity index (χ1n) is 3.77. The first-order valence-corrected chi connectivity index (χ1v) is 4.65. The topological polar surface area (TPSA) is 33.1 Å². The fourth-order valence-electron chi connectivity index (χ4n) is 0.906. The predicted molar refractivity (Wildman–Crippen MR) is 46.9 cm³/mol. The van der Waals surface area contributed by atoms with Crippen LogP contribution in [0.15, 0.2) is 5.51 Å². The number of nitrogens with zero attached hydrogens (tertiary/aromatic N) is 1. The predicted octanol–water partition coefficient (Wildman–Crippen LogP) is 1.76. The Morgan fingerprint density at radius 1 is 1.73 bits per heavy atom. The summed E-state index contributed by atoms with van der Waals surface area (Å²) in [4.78, 5) is 5.43. The highest BCUT2D eigenvalue weighted by atomic mass is 32.1. The lowest BCUT2D eigenvalue weighted by Crippen LogP contribution is -2.00. The Kier molecular flexibility index (Phi) is 3.02. The molecule has 1 heterocycles. The summed E-state index contributed by atoms with van der Waals surface area (Å²) in [6.45, 7) is 3.82. The monoisotopic (exact) mass is 171 g/mol. The second kappa shape index (κ2) is 3.83. The normalized spacial score (nSPS) is 13.4. The summed E-state index contributed by atoms with van der Waals surface area (Å²) in [6, 6.07) is 0. The molecule has 0 aliphatic rings. The van der Waals surface area contributed by atoms with Crippen LogP contribution in [-0.2, 0) is 6.42 Å². The molecule has 0 saturated carbocycles. The Hall–Kier alpha value is -0.410. The maximum atomic E-state index is 9.03. The molecule has 0 radical (unpaired) electrons. The van der Waals surface area contributed by atoms with E-state index in [4.69, 9.17) is 5.11 Å². The molecular formula is C8H13NOS. The summed E-state index contributed by atoms with van der Waals surface area (Å²) in [6.07, 6.45) is 1.59. The number of aromatic nitrogens is 1. The molecule has 2 nitrogen and oxygen atoms in total. The molecule has 0 aromatic carbocycles. The smallest absolute Gasteiger partial charge is 0.0797 e. The van der Waals surface area contributed by atoms with Crippen molar-refractivity contribution in [3.05, 3.63) is 16.1 Å². The van der Waals surface area contributed by atoms with Crippen LogP contribution in [0.25, 0.3) is 0 Å². The Morgan fingerprint density at radius 2 is 2.45 bits per heavy atom. The van der Waals surface area contributed by atoms with Crippen LogP contribution >= 0.6 is 11.3 Å². The molecule has 0 spiro atoms. The molecule has 0 saturated heterocycles. The van der Waals surface area contributed by atoms with Crippen molar-refractivity contribution in [2.45, 2.75) is 32.8 Å². The minimum absolute atomic E-state index is 0.198. The zero-order valence-electron chi connectivity index (χ0n) is 6.87. The van der Waals surface area contributed by atoms with Gasteiger partial charge in [-0.25, -0.2) is 4.98 Å². The van der Waals surface area contributed by atoms with Gasteiger partial charge in [0.15, 0.2) is 0 Å². The largest absolute Gasteiger partial charge is 0.393 e. The third-order valence-electron chi connectivity index (χ3n) is 1.63. The van der Waals surface area contributed by atoms with Crippen LogP contribution in [0.4, 0.5) is 0 Å². The molecule has 0 aliphatic carbocycles. The van der Waals surface area contributed by atoms with Gasteiger partial charge in [0.1, 0.15) is 0 Å². The zero-order valence-corrected chi connectivity index (χ0v) is 7.69. The van der Waals surface area contributed by atoms with Gasteiger partial charge in [0.25, 0.3) is 0 Å². The second-order valence-corrected chi connectivity index (χ2v) is 3.69. The summed E-state index contributed by atoms with van der Waals surface area (Å²) >= 11 is 1.67. The number of hydrogen-bond acceptors (Lipinski definition) is 3. The fourth-order valence-corrected chi connectivity index (χ4v) is 1.70. The van der Waals surface area contributed by atoms with Gasteiger partial charge in [0, 0.05) is 4.88 Å². The van der Waals surface area contributed by atoms with Gasteiger partial charge in [0.2, 0.25) is 0 Å². The molecule has 1 N–H and O–H groups in total. The van der Waals surface area contributed by atoms with Crippen LogP contribution in [0.3, 0.4) is 0 Å². The van der Waals surface area contributed by atoms with Crippen LogP contribution in [-0.4, -0.2) is 16.2 Å². The maximum Gasteiger partial charge on any atom is 0.0797 e. The van der Waals surface area contributed by atoms with Gasteiger partial charge in [0.05, 0.1) is 17.3 Å². The van der Waals surface area contributed by atoms with E-state index in [-0.39, 0.29) is 6.10 Å². The van der Waals surface area contributed by atoms with Crippen LogP contribution in [0.5, 0.6) is 0 Å². The number of aryl methyl sites for hydroxylation is 2. The minimum Gasteiger partial charge on any atom is -0.393 e. The van der Waals surface area contributed by atoms with Gasteiger partial charge in [-0.1, -0.05) is 0 Å². The van der Waals surface area contributed by atoms with Crippen LogP contribution in [0, 0.1) is 6.92 Å². The molecule has 0 bridgehead atoms. The van der Waals surface area contributed by atoms with Crippen molar-refractivity contribution < 1.29 is 5.11 Å². The van der Waals surface area contributed by atoms with Crippen molar-refractivity contribution >= 4 is 11.3 Å². The summed E-state index contributed by atoms with van der Waals surface area (Å²) in [5.41, 5.74) is 2.96. The second-order valence-electron chi connectivity index (χ2n) is 2.75. The summed E-state index contributed by atoms with van der Waals surface area (Å²) < 4.78 is 0. The highest BCUT2D eigenvalue weighted by Gasteiger charge is 2.02. The number of aliphatic hydroxyl groups is 1. The molecule has 3 heteroatoms. The van der Waals surface area contributed by atoms with Crippen molar-refractivity contribution in [3.8, 4) is 0 Å². The first kappa shape index (κ1) is 8.68. The highest BCUT2D eigenvalue weighted by Crippen LogP contribution is 2.14. The van der Waals surface area contributed by atoms with Gasteiger partial charge in [-0.15, -0.1) is 11.3 Å².